The number of nitrogens with zero attached hydrogens (tertiary/aromatic N) is 1. The summed E-state index contributed by atoms with van der Waals surface area (Å²) in [4.78, 5) is 40.2. The van der Waals surface area contributed by atoms with Crippen molar-refractivity contribution in [2.45, 2.75) is 54.9 Å². The fourth-order valence-electron chi connectivity index (χ4n) is 3.91. The van der Waals surface area contributed by atoms with Crippen LogP contribution in [0.1, 0.15) is 53.5 Å². The standard InChI is InChI=1S/C33H45N3O6/c1-9-14-24(7)29(12-4)35-33(40)36(30-20-26(17-16-25(30)8)34-22-41-18-11-3)21-23(6)19-28(32(39)42-13-5)27(15-10-2)31(37)38/h9-10,12,14-17,19-20,34H,1,11,13,18,21-22H2,2-8H3,(H,35,40)(H,37,38)/b15-10-,23-19+,24-14-,28-27-,29-12+. The number of allylic oxidation sites excluding steroid dienone is 5. The lowest BCUT2D eigenvalue weighted by Gasteiger charge is -2.27. The fraction of sp³-hybridized carbons (Fsp3) is 0.364. The first-order chi connectivity index (χ1) is 20.0. The largest absolute Gasteiger partial charge is 0.478 e. The Kier molecular flexibility index (Phi) is 16.0. The highest BCUT2D eigenvalue weighted by atomic mass is 16.5. The molecule has 0 aliphatic rings. The Labute approximate surface area is 250 Å². The van der Waals surface area contributed by atoms with Crippen LogP contribution in [0.5, 0.6) is 0 Å². The Bertz CT molecular complexity index is 1270. The average Bonchev–Trinajstić information content (AvgIpc) is 2.95. The van der Waals surface area contributed by atoms with Crippen molar-refractivity contribution in [3.8, 4) is 0 Å². The van der Waals surface area contributed by atoms with E-state index < -0.39 is 18.0 Å². The highest BCUT2D eigenvalue weighted by Gasteiger charge is 2.22. The monoisotopic (exact) mass is 579 g/mol. The highest BCUT2D eigenvalue weighted by Crippen LogP contribution is 2.27. The molecule has 0 atom stereocenters. The van der Waals surface area contributed by atoms with Crippen LogP contribution in [0.3, 0.4) is 0 Å². The molecule has 0 fully saturated rings. The zero-order valence-electron chi connectivity index (χ0n) is 25.9. The Hall–Kier alpha value is -4.37. The van der Waals surface area contributed by atoms with Gasteiger partial charge in [0.2, 0.25) is 0 Å². The van der Waals surface area contributed by atoms with Gasteiger partial charge in [-0.1, -0.05) is 55.5 Å². The molecule has 0 unspecified atom stereocenters. The Morgan fingerprint density at radius 1 is 1.12 bits per heavy atom. The number of aryl methyl sites for hydroxylation is 1. The number of amides is 2. The summed E-state index contributed by atoms with van der Waals surface area (Å²) in [6.45, 7) is 17.4. The molecule has 42 heavy (non-hydrogen) atoms. The van der Waals surface area contributed by atoms with Crippen molar-refractivity contribution in [1.29, 1.82) is 0 Å². The van der Waals surface area contributed by atoms with E-state index in [-0.39, 0.29) is 24.3 Å². The molecule has 1 aromatic carbocycles. The lowest BCUT2D eigenvalue weighted by Crippen LogP contribution is -2.41. The summed E-state index contributed by atoms with van der Waals surface area (Å²) in [7, 11) is 0. The first-order valence-electron chi connectivity index (χ1n) is 14.0. The number of carboxylic acids is 1. The minimum atomic E-state index is -1.27. The number of hydrogen-bond donors (Lipinski definition) is 3. The lowest BCUT2D eigenvalue weighted by molar-refractivity contribution is -0.139. The second kappa shape index (κ2) is 18.9. The molecule has 0 aliphatic carbocycles. The maximum absolute atomic E-state index is 13.8. The predicted molar refractivity (Wildman–Crippen MR) is 169 cm³/mol. The maximum Gasteiger partial charge on any atom is 0.338 e. The first kappa shape index (κ1) is 35.7. The van der Waals surface area contributed by atoms with Gasteiger partial charge in [-0.2, -0.15) is 0 Å². The fourth-order valence-corrected chi connectivity index (χ4v) is 3.91. The molecular weight excluding hydrogens is 534 g/mol. The van der Waals surface area contributed by atoms with Crippen LogP contribution >= 0.6 is 0 Å². The van der Waals surface area contributed by atoms with Gasteiger partial charge in [0.25, 0.3) is 0 Å². The number of ether oxygens (including phenoxy) is 2. The van der Waals surface area contributed by atoms with E-state index in [1.165, 1.54) is 18.2 Å². The van der Waals surface area contributed by atoms with Gasteiger partial charge in [-0.05, 0) is 77.3 Å². The van der Waals surface area contributed by atoms with E-state index in [2.05, 4.69) is 17.2 Å². The maximum atomic E-state index is 13.8. The molecule has 2 amide bonds. The van der Waals surface area contributed by atoms with Gasteiger partial charge >= 0.3 is 18.0 Å². The van der Waals surface area contributed by atoms with Crippen LogP contribution in [-0.4, -0.2) is 49.6 Å². The molecule has 228 valence electrons. The van der Waals surface area contributed by atoms with E-state index in [9.17, 15) is 19.5 Å². The van der Waals surface area contributed by atoms with E-state index in [0.29, 0.717) is 30.3 Å². The van der Waals surface area contributed by atoms with Gasteiger partial charge in [-0.15, -0.1) is 0 Å². The van der Waals surface area contributed by atoms with Crippen molar-refractivity contribution < 1.29 is 29.0 Å². The van der Waals surface area contributed by atoms with Gasteiger partial charge in [0, 0.05) is 24.5 Å². The van der Waals surface area contributed by atoms with Crippen molar-refractivity contribution in [3.05, 3.63) is 94.8 Å². The van der Waals surface area contributed by atoms with E-state index in [4.69, 9.17) is 9.47 Å². The summed E-state index contributed by atoms with van der Waals surface area (Å²) < 4.78 is 10.7. The van der Waals surface area contributed by atoms with Crippen LogP contribution in [0.15, 0.2) is 89.2 Å². The van der Waals surface area contributed by atoms with Gasteiger partial charge in [0.05, 0.1) is 23.4 Å². The number of benzene rings is 1. The molecule has 0 aliphatic heterocycles. The zero-order valence-corrected chi connectivity index (χ0v) is 25.9. The molecule has 9 nitrogen and oxygen atoms in total. The van der Waals surface area contributed by atoms with Gasteiger partial charge in [0.15, 0.2) is 0 Å². The van der Waals surface area contributed by atoms with Crippen molar-refractivity contribution in [2.75, 3.05) is 36.7 Å². The number of carbonyl (C=O) groups is 3. The Morgan fingerprint density at radius 3 is 2.40 bits per heavy atom. The summed E-state index contributed by atoms with van der Waals surface area (Å²) in [5.74, 6) is -2.03. The number of anilines is 2. The minimum absolute atomic E-state index is 0.0509. The number of carbonyl (C=O) groups excluding carboxylic acids is 2. The molecule has 0 bridgehead atoms. The topological polar surface area (TPSA) is 117 Å². The molecule has 1 rings (SSSR count). The number of urea groups is 1. The molecular formula is C33H45N3O6. The molecule has 0 spiro atoms. The smallest absolute Gasteiger partial charge is 0.338 e. The summed E-state index contributed by atoms with van der Waals surface area (Å²) in [5.41, 5.74) is 3.88. The number of esters is 1. The van der Waals surface area contributed by atoms with Crippen LogP contribution < -0.4 is 15.5 Å². The Balaban J connectivity index is 3.69. The molecule has 0 saturated carbocycles. The molecule has 0 aromatic heterocycles. The van der Waals surface area contributed by atoms with Crippen molar-refractivity contribution in [2.24, 2.45) is 0 Å². The molecule has 3 N–H and O–H groups in total. The number of carboxylic acid groups (broad SMARTS) is 1. The predicted octanol–water partition coefficient (Wildman–Crippen LogP) is 6.81. The summed E-state index contributed by atoms with van der Waals surface area (Å²) in [5, 5.41) is 16.0. The van der Waals surface area contributed by atoms with E-state index in [1.807, 2.05) is 45.9 Å². The van der Waals surface area contributed by atoms with Crippen LogP contribution in [0.25, 0.3) is 0 Å². The van der Waals surface area contributed by atoms with E-state index in [0.717, 1.165) is 23.2 Å². The molecule has 1 aromatic rings. The lowest BCUT2D eigenvalue weighted by atomic mass is 10.0. The third-order valence-electron chi connectivity index (χ3n) is 5.94. The van der Waals surface area contributed by atoms with Gasteiger partial charge in [-0.3, -0.25) is 4.90 Å². The van der Waals surface area contributed by atoms with Crippen LogP contribution in [0.2, 0.25) is 0 Å². The number of hydrogen-bond acceptors (Lipinski definition) is 6. The third-order valence-corrected chi connectivity index (χ3v) is 5.94. The first-order valence-corrected chi connectivity index (χ1v) is 14.0. The van der Waals surface area contributed by atoms with Gasteiger partial charge < -0.3 is 25.2 Å². The highest BCUT2D eigenvalue weighted by molar-refractivity contribution is 6.04. The van der Waals surface area contributed by atoms with Crippen LogP contribution in [0.4, 0.5) is 16.2 Å². The Morgan fingerprint density at radius 2 is 1.83 bits per heavy atom. The van der Waals surface area contributed by atoms with Crippen LogP contribution in [0, 0.1) is 6.92 Å². The normalized spacial score (nSPS) is 13.0. The number of nitrogens with one attached hydrogen (secondary N) is 2. The van der Waals surface area contributed by atoms with Crippen molar-refractivity contribution >= 4 is 29.3 Å². The molecule has 0 saturated heterocycles. The second-order valence-electron chi connectivity index (χ2n) is 9.38. The zero-order chi connectivity index (χ0) is 31.7. The van der Waals surface area contributed by atoms with Gasteiger partial charge in [-0.25, -0.2) is 14.4 Å². The van der Waals surface area contributed by atoms with E-state index in [1.54, 1.807) is 43.9 Å². The van der Waals surface area contributed by atoms with Gasteiger partial charge in [0.1, 0.15) is 6.73 Å². The summed E-state index contributed by atoms with van der Waals surface area (Å²) in [6.07, 6.45) is 10.5. The van der Waals surface area contributed by atoms with Crippen molar-refractivity contribution in [3.63, 3.8) is 0 Å². The quantitative estimate of drug-likeness (QED) is 0.0647. The summed E-state index contributed by atoms with van der Waals surface area (Å²) in [6, 6.07) is 5.24. The molecule has 9 heteroatoms. The van der Waals surface area contributed by atoms with Crippen molar-refractivity contribution in [1.82, 2.24) is 5.32 Å². The average molecular weight is 580 g/mol. The number of aliphatic carboxylic acids is 1. The second-order valence-corrected chi connectivity index (χ2v) is 9.38. The third kappa shape index (κ3) is 11.2. The summed E-state index contributed by atoms with van der Waals surface area (Å²) >= 11 is 0. The molecule has 0 heterocycles. The van der Waals surface area contributed by atoms with Crippen LogP contribution in [-0.2, 0) is 19.1 Å². The SMILES string of the molecule is C=C/C=C(C)\C(=C/C)NC(=O)N(C/C(C)=C/C(C(=O)OCC)=C(\C=C/C)C(=O)O)c1cc(NCOCCC)ccc1C. The van der Waals surface area contributed by atoms with E-state index >= 15 is 0 Å². The minimum Gasteiger partial charge on any atom is -0.478 e. The molecule has 0 radical (unpaired) electrons. The number of rotatable bonds is 16.